The van der Waals surface area contributed by atoms with E-state index < -0.39 is 0 Å². The molecule has 0 bridgehead atoms. The predicted octanol–water partition coefficient (Wildman–Crippen LogP) is 3.79. The van der Waals surface area contributed by atoms with Crippen LogP contribution >= 0.6 is 0 Å². The van der Waals surface area contributed by atoms with Crippen LogP contribution in [-0.2, 0) is 0 Å². The second kappa shape index (κ2) is 5.75. The number of likely N-dealkylation sites (tertiary alicyclic amines) is 1. The highest BCUT2D eigenvalue weighted by atomic mass is 15.1. The van der Waals surface area contributed by atoms with Gasteiger partial charge in [0.05, 0.1) is 0 Å². The van der Waals surface area contributed by atoms with Gasteiger partial charge in [-0.25, -0.2) is 0 Å². The van der Waals surface area contributed by atoms with Crippen molar-refractivity contribution in [2.75, 3.05) is 13.6 Å². The SMILES string of the molecule is CC.CC1CC(C(C)(C)C)CCN1C. The third kappa shape index (κ3) is 4.00. The Balaban J connectivity index is 0.000000791. The van der Waals surface area contributed by atoms with Gasteiger partial charge < -0.3 is 4.90 Å². The minimum atomic E-state index is 0.509. The highest BCUT2D eigenvalue weighted by molar-refractivity contribution is 4.83. The Morgan fingerprint density at radius 3 is 2.00 bits per heavy atom. The van der Waals surface area contributed by atoms with Gasteiger partial charge in [-0.1, -0.05) is 34.6 Å². The van der Waals surface area contributed by atoms with E-state index in [0.717, 1.165) is 12.0 Å². The number of hydrogen-bond acceptors (Lipinski definition) is 1. The summed E-state index contributed by atoms with van der Waals surface area (Å²) in [6.45, 7) is 14.7. The van der Waals surface area contributed by atoms with Gasteiger partial charge in [0.25, 0.3) is 0 Å². The topological polar surface area (TPSA) is 3.24 Å². The molecule has 1 aliphatic heterocycles. The van der Waals surface area contributed by atoms with Crippen molar-refractivity contribution in [3.63, 3.8) is 0 Å². The van der Waals surface area contributed by atoms with Gasteiger partial charge in [-0.05, 0) is 44.7 Å². The average Bonchev–Trinajstić information content (AvgIpc) is 2.11. The standard InChI is InChI=1S/C11H23N.C2H6/c1-9-8-10(11(2,3)4)6-7-12(9)5;1-2/h9-10H,6-8H2,1-5H3;1-2H3. The molecule has 0 radical (unpaired) electrons. The summed E-state index contributed by atoms with van der Waals surface area (Å²) in [7, 11) is 2.24. The summed E-state index contributed by atoms with van der Waals surface area (Å²) in [6.07, 6.45) is 2.75. The third-order valence-electron chi connectivity index (χ3n) is 3.43. The molecule has 0 aliphatic carbocycles. The van der Waals surface area contributed by atoms with E-state index in [1.807, 2.05) is 13.8 Å². The van der Waals surface area contributed by atoms with Gasteiger partial charge in [0.2, 0.25) is 0 Å². The minimum absolute atomic E-state index is 0.509. The van der Waals surface area contributed by atoms with E-state index in [1.165, 1.54) is 19.4 Å². The maximum absolute atomic E-state index is 2.47. The number of nitrogens with zero attached hydrogens (tertiary/aromatic N) is 1. The first-order chi connectivity index (χ1) is 6.41. The van der Waals surface area contributed by atoms with Gasteiger partial charge in [-0.2, -0.15) is 0 Å². The van der Waals surface area contributed by atoms with Gasteiger partial charge >= 0.3 is 0 Å². The molecule has 1 saturated heterocycles. The molecule has 86 valence electrons. The zero-order chi connectivity index (χ0) is 11.4. The van der Waals surface area contributed by atoms with Crippen LogP contribution in [0.1, 0.15) is 54.4 Å². The Morgan fingerprint density at radius 1 is 1.14 bits per heavy atom. The molecule has 1 heterocycles. The Kier molecular flexibility index (Phi) is 5.73. The molecule has 0 aromatic rings. The van der Waals surface area contributed by atoms with Gasteiger partial charge in [0.15, 0.2) is 0 Å². The van der Waals surface area contributed by atoms with Crippen molar-refractivity contribution >= 4 is 0 Å². The summed E-state index contributed by atoms with van der Waals surface area (Å²) in [6, 6.07) is 0.781. The second-order valence-corrected chi connectivity index (χ2v) is 5.42. The number of piperidine rings is 1. The van der Waals surface area contributed by atoms with Gasteiger partial charge in [-0.3, -0.25) is 0 Å². The zero-order valence-electron chi connectivity index (χ0n) is 11.2. The summed E-state index contributed by atoms with van der Waals surface area (Å²) < 4.78 is 0. The van der Waals surface area contributed by atoms with Gasteiger partial charge in [0, 0.05) is 6.04 Å². The van der Waals surface area contributed by atoms with Crippen LogP contribution in [-0.4, -0.2) is 24.5 Å². The first kappa shape index (κ1) is 14.0. The lowest BCUT2D eigenvalue weighted by Gasteiger charge is -2.41. The quantitative estimate of drug-likeness (QED) is 0.574. The summed E-state index contributed by atoms with van der Waals surface area (Å²) in [5.41, 5.74) is 0.509. The van der Waals surface area contributed by atoms with Crippen molar-refractivity contribution in [1.82, 2.24) is 4.90 Å². The largest absolute Gasteiger partial charge is 0.304 e. The van der Waals surface area contributed by atoms with Crippen molar-refractivity contribution in [3.05, 3.63) is 0 Å². The predicted molar refractivity (Wildman–Crippen MR) is 65.6 cm³/mol. The van der Waals surface area contributed by atoms with E-state index in [1.54, 1.807) is 0 Å². The molecule has 0 N–H and O–H groups in total. The molecule has 0 spiro atoms. The lowest BCUT2D eigenvalue weighted by molar-refractivity contribution is 0.0881. The minimum Gasteiger partial charge on any atom is -0.304 e. The summed E-state index contributed by atoms with van der Waals surface area (Å²) in [5.74, 6) is 0.920. The van der Waals surface area contributed by atoms with Crippen molar-refractivity contribution < 1.29 is 0 Å². The molecule has 0 aromatic carbocycles. The van der Waals surface area contributed by atoms with E-state index >= 15 is 0 Å². The maximum Gasteiger partial charge on any atom is 0.00667 e. The van der Waals surface area contributed by atoms with Crippen molar-refractivity contribution in [3.8, 4) is 0 Å². The van der Waals surface area contributed by atoms with Crippen molar-refractivity contribution in [2.24, 2.45) is 11.3 Å². The van der Waals surface area contributed by atoms with Crippen molar-refractivity contribution in [2.45, 2.75) is 60.4 Å². The Bertz CT molecular complexity index is 146. The maximum atomic E-state index is 2.47. The summed E-state index contributed by atoms with van der Waals surface area (Å²) in [4.78, 5) is 2.47. The molecule has 14 heavy (non-hydrogen) atoms. The van der Waals surface area contributed by atoms with Gasteiger partial charge in [-0.15, -0.1) is 0 Å². The Morgan fingerprint density at radius 2 is 1.64 bits per heavy atom. The molecule has 1 nitrogen and oxygen atoms in total. The van der Waals surface area contributed by atoms with E-state index in [2.05, 4.69) is 39.6 Å². The highest BCUT2D eigenvalue weighted by Gasteiger charge is 2.30. The molecule has 1 rings (SSSR count). The Hall–Kier alpha value is -0.0400. The van der Waals surface area contributed by atoms with Crippen LogP contribution in [0.3, 0.4) is 0 Å². The second-order valence-electron chi connectivity index (χ2n) is 5.42. The highest BCUT2D eigenvalue weighted by Crippen LogP contribution is 2.35. The van der Waals surface area contributed by atoms with E-state index in [-0.39, 0.29) is 0 Å². The van der Waals surface area contributed by atoms with Crippen LogP contribution < -0.4 is 0 Å². The van der Waals surface area contributed by atoms with Gasteiger partial charge in [0.1, 0.15) is 0 Å². The van der Waals surface area contributed by atoms with Crippen LogP contribution in [0.4, 0.5) is 0 Å². The fraction of sp³-hybridized carbons (Fsp3) is 1.00. The fourth-order valence-corrected chi connectivity index (χ4v) is 2.08. The normalized spacial score (nSPS) is 29.4. The molecular weight excluding hydrogens is 170 g/mol. The zero-order valence-corrected chi connectivity index (χ0v) is 11.2. The fourth-order valence-electron chi connectivity index (χ4n) is 2.08. The molecule has 2 atom stereocenters. The van der Waals surface area contributed by atoms with Crippen LogP contribution in [0.25, 0.3) is 0 Å². The van der Waals surface area contributed by atoms with Crippen molar-refractivity contribution in [1.29, 1.82) is 0 Å². The lowest BCUT2D eigenvalue weighted by Crippen LogP contribution is -2.41. The molecule has 0 aromatic heterocycles. The monoisotopic (exact) mass is 199 g/mol. The lowest BCUT2D eigenvalue weighted by atomic mass is 9.73. The molecule has 0 amide bonds. The molecule has 1 fully saturated rings. The van der Waals surface area contributed by atoms with Crippen LogP contribution in [0.15, 0.2) is 0 Å². The first-order valence-electron chi connectivity index (χ1n) is 6.11. The Labute approximate surface area is 90.9 Å². The smallest absolute Gasteiger partial charge is 0.00667 e. The number of hydrogen-bond donors (Lipinski definition) is 0. The van der Waals surface area contributed by atoms with E-state index in [4.69, 9.17) is 0 Å². The molecule has 1 aliphatic rings. The summed E-state index contributed by atoms with van der Waals surface area (Å²) in [5, 5.41) is 0. The average molecular weight is 199 g/mol. The van der Waals surface area contributed by atoms with E-state index in [9.17, 15) is 0 Å². The first-order valence-corrected chi connectivity index (χ1v) is 6.11. The van der Waals surface area contributed by atoms with E-state index in [0.29, 0.717) is 5.41 Å². The number of rotatable bonds is 0. The van der Waals surface area contributed by atoms with Crippen LogP contribution in [0.5, 0.6) is 0 Å². The summed E-state index contributed by atoms with van der Waals surface area (Å²) >= 11 is 0. The third-order valence-corrected chi connectivity index (χ3v) is 3.43. The van der Waals surface area contributed by atoms with Crippen LogP contribution in [0.2, 0.25) is 0 Å². The molecule has 1 heteroatoms. The molecule has 0 saturated carbocycles. The van der Waals surface area contributed by atoms with Crippen LogP contribution in [0, 0.1) is 11.3 Å². The molecule has 2 unspecified atom stereocenters. The molecular formula is C13H29N.